The normalized spacial score (nSPS) is 11.5. The molecule has 1 aromatic carbocycles. The fourth-order valence-corrected chi connectivity index (χ4v) is 2.36. The second kappa shape index (κ2) is 11.1. The Labute approximate surface area is 156 Å². The van der Waals surface area contributed by atoms with Crippen molar-refractivity contribution in [3.05, 3.63) is 59.9 Å². The van der Waals surface area contributed by atoms with Crippen LogP contribution in [0.15, 0.2) is 53.7 Å². The summed E-state index contributed by atoms with van der Waals surface area (Å²) in [5.41, 5.74) is 2.21. The minimum absolute atomic E-state index is 0.514. The molecule has 5 heteroatoms. The molecule has 0 aliphatic carbocycles. The summed E-state index contributed by atoms with van der Waals surface area (Å²) >= 11 is 0. The molecule has 2 rings (SSSR count). The number of guanidine groups is 1. The molecule has 1 aromatic heterocycles. The van der Waals surface area contributed by atoms with Crippen LogP contribution >= 0.6 is 0 Å². The Morgan fingerprint density at radius 2 is 2.04 bits per heavy atom. The lowest BCUT2D eigenvalue weighted by Gasteiger charge is -2.12. The Kier molecular flexibility index (Phi) is 8.46. The Bertz CT molecular complexity index is 671. The van der Waals surface area contributed by atoms with E-state index in [1.165, 1.54) is 0 Å². The number of nitrogens with zero attached hydrogens (tertiary/aromatic N) is 2. The Balaban J connectivity index is 1.88. The summed E-state index contributed by atoms with van der Waals surface area (Å²) in [5.74, 6) is 2.23. The summed E-state index contributed by atoms with van der Waals surface area (Å²) in [6.45, 7) is 9.31. The summed E-state index contributed by atoms with van der Waals surface area (Å²) in [5, 5.41) is 6.64. The zero-order valence-electron chi connectivity index (χ0n) is 16.0. The molecule has 0 spiro atoms. The SMILES string of the molecule is CCNC(=NCc1cccc(OCC(C)C)c1)NCCc1ccccn1. The van der Waals surface area contributed by atoms with E-state index in [1.54, 1.807) is 0 Å². The summed E-state index contributed by atoms with van der Waals surface area (Å²) in [7, 11) is 0. The van der Waals surface area contributed by atoms with Gasteiger partial charge in [-0.15, -0.1) is 0 Å². The minimum Gasteiger partial charge on any atom is -0.493 e. The van der Waals surface area contributed by atoms with Crippen molar-refractivity contribution in [2.24, 2.45) is 10.9 Å². The molecular weight excluding hydrogens is 324 g/mol. The predicted octanol–water partition coefficient (Wildman–Crippen LogP) is 3.41. The van der Waals surface area contributed by atoms with Crippen LogP contribution in [0.5, 0.6) is 5.75 Å². The van der Waals surface area contributed by atoms with Crippen molar-refractivity contribution in [3.8, 4) is 5.75 Å². The number of pyridine rings is 1. The Morgan fingerprint density at radius 1 is 1.15 bits per heavy atom. The average Bonchev–Trinajstić information content (AvgIpc) is 2.65. The number of benzene rings is 1. The molecule has 26 heavy (non-hydrogen) atoms. The number of nitrogens with one attached hydrogen (secondary N) is 2. The third-order valence-electron chi connectivity index (χ3n) is 3.65. The topological polar surface area (TPSA) is 58.5 Å². The first kappa shape index (κ1) is 19.8. The van der Waals surface area contributed by atoms with Crippen LogP contribution in [0.4, 0.5) is 0 Å². The lowest BCUT2D eigenvalue weighted by molar-refractivity contribution is 0.271. The standard InChI is InChI=1S/C21H30N4O/c1-4-22-21(24-13-11-19-9-5-6-12-23-19)25-15-18-8-7-10-20(14-18)26-16-17(2)3/h5-10,12,14,17H,4,11,13,15-16H2,1-3H3,(H2,22,24,25). The van der Waals surface area contributed by atoms with Crippen molar-refractivity contribution < 1.29 is 4.74 Å². The van der Waals surface area contributed by atoms with Gasteiger partial charge in [-0.1, -0.05) is 32.0 Å². The molecule has 0 saturated carbocycles. The third-order valence-corrected chi connectivity index (χ3v) is 3.65. The van der Waals surface area contributed by atoms with E-state index in [1.807, 2.05) is 36.5 Å². The van der Waals surface area contributed by atoms with Crippen LogP contribution < -0.4 is 15.4 Å². The van der Waals surface area contributed by atoms with Crippen LogP contribution in [0.2, 0.25) is 0 Å². The fraction of sp³-hybridized carbons (Fsp3) is 0.429. The fourth-order valence-electron chi connectivity index (χ4n) is 2.36. The second-order valence-corrected chi connectivity index (χ2v) is 6.55. The van der Waals surface area contributed by atoms with Crippen molar-refractivity contribution in [1.29, 1.82) is 0 Å². The van der Waals surface area contributed by atoms with Gasteiger partial charge in [-0.3, -0.25) is 4.98 Å². The van der Waals surface area contributed by atoms with Gasteiger partial charge in [0.25, 0.3) is 0 Å². The van der Waals surface area contributed by atoms with Crippen LogP contribution in [-0.4, -0.2) is 30.6 Å². The van der Waals surface area contributed by atoms with Gasteiger partial charge < -0.3 is 15.4 Å². The van der Waals surface area contributed by atoms with E-state index >= 15 is 0 Å². The van der Waals surface area contributed by atoms with Gasteiger partial charge in [0.05, 0.1) is 13.2 Å². The zero-order valence-corrected chi connectivity index (χ0v) is 16.0. The molecule has 0 atom stereocenters. The smallest absolute Gasteiger partial charge is 0.191 e. The highest BCUT2D eigenvalue weighted by Gasteiger charge is 2.01. The van der Waals surface area contributed by atoms with Crippen molar-refractivity contribution in [2.75, 3.05) is 19.7 Å². The number of aromatic nitrogens is 1. The van der Waals surface area contributed by atoms with Gasteiger partial charge in [-0.25, -0.2) is 4.99 Å². The summed E-state index contributed by atoms with van der Waals surface area (Å²) in [4.78, 5) is 9.01. The highest BCUT2D eigenvalue weighted by molar-refractivity contribution is 5.79. The quantitative estimate of drug-likeness (QED) is 0.535. The van der Waals surface area contributed by atoms with Gasteiger partial charge in [0, 0.05) is 31.4 Å². The second-order valence-electron chi connectivity index (χ2n) is 6.55. The largest absolute Gasteiger partial charge is 0.493 e. The van der Waals surface area contributed by atoms with Gasteiger partial charge in [0.1, 0.15) is 5.75 Å². The Hall–Kier alpha value is -2.56. The monoisotopic (exact) mass is 354 g/mol. The van der Waals surface area contributed by atoms with Gasteiger partial charge in [-0.2, -0.15) is 0 Å². The van der Waals surface area contributed by atoms with Crippen LogP contribution in [0, 0.1) is 5.92 Å². The average molecular weight is 354 g/mol. The van der Waals surface area contributed by atoms with Crippen molar-refractivity contribution in [1.82, 2.24) is 15.6 Å². The molecule has 1 heterocycles. The molecule has 0 aliphatic heterocycles. The lowest BCUT2D eigenvalue weighted by Crippen LogP contribution is -2.38. The number of aliphatic imine (C=N–C) groups is 1. The molecule has 0 radical (unpaired) electrons. The van der Waals surface area contributed by atoms with Gasteiger partial charge in [0.15, 0.2) is 5.96 Å². The van der Waals surface area contributed by atoms with E-state index in [2.05, 4.69) is 53.5 Å². The number of rotatable bonds is 9. The maximum absolute atomic E-state index is 5.79. The number of hydrogen-bond donors (Lipinski definition) is 2. The van der Waals surface area contributed by atoms with E-state index in [0.29, 0.717) is 12.5 Å². The zero-order chi connectivity index (χ0) is 18.6. The molecule has 0 aliphatic rings. The van der Waals surface area contributed by atoms with E-state index in [4.69, 9.17) is 4.74 Å². The molecule has 140 valence electrons. The molecule has 5 nitrogen and oxygen atoms in total. The number of hydrogen-bond acceptors (Lipinski definition) is 3. The van der Waals surface area contributed by atoms with Gasteiger partial charge >= 0.3 is 0 Å². The van der Waals surface area contributed by atoms with E-state index < -0.39 is 0 Å². The maximum atomic E-state index is 5.79. The number of ether oxygens (including phenoxy) is 1. The van der Waals surface area contributed by atoms with Crippen molar-refractivity contribution in [3.63, 3.8) is 0 Å². The van der Waals surface area contributed by atoms with Crippen LogP contribution in [0.1, 0.15) is 32.0 Å². The minimum atomic E-state index is 0.514. The summed E-state index contributed by atoms with van der Waals surface area (Å²) in [6, 6.07) is 14.1. The molecule has 0 bridgehead atoms. The molecule has 0 saturated heterocycles. The summed E-state index contributed by atoms with van der Waals surface area (Å²) in [6.07, 6.45) is 2.69. The first-order chi connectivity index (χ1) is 12.7. The molecule has 2 aromatic rings. The molecule has 0 unspecified atom stereocenters. The van der Waals surface area contributed by atoms with Crippen LogP contribution in [0.3, 0.4) is 0 Å². The maximum Gasteiger partial charge on any atom is 0.191 e. The van der Waals surface area contributed by atoms with Crippen molar-refractivity contribution in [2.45, 2.75) is 33.7 Å². The summed E-state index contributed by atoms with van der Waals surface area (Å²) < 4.78 is 5.79. The first-order valence-corrected chi connectivity index (χ1v) is 9.31. The predicted molar refractivity (Wildman–Crippen MR) is 108 cm³/mol. The first-order valence-electron chi connectivity index (χ1n) is 9.31. The molecule has 0 amide bonds. The highest BCUT2D eigenvalue weighted by Crippen LogP contribution is 2.15. The van der Waals surface area contributed by atoms with Crippen LogP contribution in [-0.2, 0) is 13.0 Å². The molecule has 0 fully saturated rings. The molecule has 2 N–H and O–H groups in total. The lowest BCUT2D eigenvalue weighted by atomic mass is 10.2. The molecular formula is C21H30N4O. The van der Waals surface area contributed by atoms with E-state index in [-0.39, 0.29) is 0 Å². The third kappa shape index (κ3) is 7.55. The van der Waals surface area contributed by atoms with E-state index in [9.17, 15) is 0 Å². The Morgan fingerprint density at radius 3 is 2.77 bits per heavy atom. The van der Waals surface area contributed by atoms with Gasteiger partial charge in [-0.05, 0) is 42.7 Å². The van der Waals surface area contributed by atoms with Crippen LogP contribution in [0.25, 0.3) is 0 Å². The van der Waals surface area contributed by atoms with E-state index in [0.717, 1.165) is 49.1 Å². The van der Waals surface area contributed by atoms with Gasteiger partial charge in [0.2, 0.25) is 0 Å². The van der Waals surface area contributed by atoms with Crippen molar-refractivity contribution >= 4 is 5.96 Å². The highest BCUT2D eigenvalue weighted by atomic mass is 16.5.